The van der Waals surface area contributed by atoms with Crippen LogP contribution in [0.4, 0.5) is 28.4 Å². The van der Waals surface area contributed by atoms with Crippen molar-refractivity contribution < 1.29 is 0 Å². The number of hydrogen-bond donors (Lipinski definition) is 0. The molecule has 1 aliphatic rings. The zero-order valence-electron chi connectivity index (χ0n) is 30.3. The number of aromatic nitrogens is 2. The van der Waals surface area contributed by atoms with Crippen LogP contribution in [0.5, 0.6) is 0 Å². The molecule has 262 valence electrons. The zero-order valence-corrected chi connectivity index (χ0v) is 30.3. The van der Waals surface area contributed by atoms with E-state index >= 15 is 0 Å². The molecular weight excluding hydrogens is 669 g/mol. The molecule has 4 nitrogen and oxygen atoms in total. The lowest BCUT2D eigenvalue weighted by Crippen LogP contribution is -2.17. The van der Waals surface area contributed by atoms with E-state index in [4.69, 9.17) is 4.98 Å². The van der Waals surface area contributed by atoms with Crippen LogP contribution in [-0.2, 0) is 0 Å². The third kappa shape index (κ3) is 6.04. The van der Waals surface area contributed by atoms with E-state index in [0.717, 1.165) is 80.0 Å². The van der Waals surface area contributed by atoms with E-state index in [0.29, 0.717) is 0 Å². The Morgan fingerprint density at radius 3 is 1.65 bits per heavy atom. The SMILES string of the molecule is C1=CCCC(N(c2ccccc2)c2ccc(-c3cc4ccccc4c4nc5ccc(-c6ccc(N(c7ccccc7)c7ccccc7)cc6)cc5n34)cc2)=C1. The van der Waals surface area contributed by atoms with Gasteiger partial charge in [0.15, 0.2) is 0 Å². The van der Waals surface area contributed by atoms with Gasteiger partial charge in [0.2, 0.25) is 0 Å². The minimum atomic E-state index is 0.964. The fourth-order valence-corrected chi connectivity index (χ4v) is 7.95. The van der Waals surface area contributed by atoms with Gasteiger partial charge in [0.25, 0.3) is 0 Å². The van der Waals surface area contributed by atoms with Crippen molar-refractivity contribution in [3.63, 3.8) is 0 Å². The summed E-state index contributed by atoms with van der Waals surface area (Å²) in [6, 6.07) is 67.2. The minimum Gasteiger partial charge on any atom is -0.314 e. The number of rotatable bonds is 8. The largest absolute Gasteiger partial charge is 0.314 e. The Balaban J connectivity index is 1.07. The molecule has 0 saturated carbocycles. The molecule has 0 amide bonds. The number of allylic oxidation sites excluding steroid dienone is 4. The molecule has 10 rings (SSSR count). The molecule has 9 aromatic rings. The molecular formula is C51H38N4. The maximum Gasteiger partial charge on any atom is 0.146 e. The van der Waals surface area contributed by atoms with E-state index < -0.39 is 0 Å². The Morgan fingerprint density at radius 1 is 0.473 bits per heavy atom. The Morgan fingerprint density at radius 2 is 1.02 bits per heavy atom. The first-order valence-electron chi connectivity index (χ1n) is 18.9. The molecule has 0 N–H and O–H groups in total. The van der Waals surface area contributed by atoms with E-state index in [1.165, 1.54) is 16.8 Å². The Bertz CT molecular complexity index is 2800. The van der Waals surface area contributed by atoms with Gasteiger partial charge in [-0.2, -0.15) is 0 Å². The summed E-state index contributed by atoms with van der Waals surface area (Å²) in [6.45, 7) is 0. The highest BCUT2D eigenvalue weighted by Crippen LogP contribution is 2.39. The number of para-hydroxylation sites is 3. The van der Waals surface area contributed by atoms with Crippen LogP contribution in [0.2, 0.25) is 0 Å². The summed E-state index contributed by atoms with van der Waals surface area (Å²) < 4.78 is 2.35. The van der Waals surface area contributed by atoms with Crippen LogP contribution in [0, 0.1) is 0 Å². The average Bonchev–Trinajstić information content (AvgIpc) is 3.65. The lowest BCUT2D eigenvalue weighted by molar-refractivity contribution is 0.917. The number of nitrogens with zero attached hydrogens (tertiary/aromatic N) is 4. The second-order valence-corrected chi connectivity index (χ2v) is 14.0. The van der Waals surface area contributed by atoms with E-state index in [1.807, 2.05) is 0 Å². The minimum absolute atomic E-state index is 0.964. The summed E-state index contributed by atoms with van der Waals surface area (Å²) >= 11 is 0. The van der Waals surface area contributed by atoms with Gasteiger partial charge in [0, 0.05) is 39.5 Å². The molecule has 2 aromatic heterocycles. The van der Waals surface area contributed by atoms with Crippen molar-refractivity contribution in [3.05, 3.63) is 212 Å². The Hall–Kier alpha value is -7.17. The third-order valence-corrected chi connectivity index (χ3v) is 10.6. The van der Waals surface area contributed by atoms with Crippen LogP contribution in [0.1, 0.15) is 12.8 Å². The van der Waals surface area contributed by atoms with Crippen LogP contribution in [0.3, 0.4) is 0 Å². The van der Waals surface area contributed by atoms with Crippen molar-refractivity contribution in [1.29, 1.82) is 0 Å². The van der Waals surface area contributed by atoms with Crippen LogP contribution in [-0.4, -0.2) is 9.38 Å². The zero-order chi connectivity index (χ0) is 36.6. The van der Waals surface area contributed by atoms with Gasteiger partial charge in [-0.25, -0.2) is 4.98 Å². The molecule has 0 bridgehead atoms. The van der Waals surface area contributed by atoms with Crippen molar-refractivity contribution >= 4 is 55.9 Å². The molecule has 1 aliphatic carbocycles. The number of benzene rings is 7. The lowest BCUT2D eigenvalue weighted by Gasteiger charge is -2.29. The molecule has 0 fully saturated rings. The normalized spacial score (nSPS) is 12.6. The molecule has 7 aromatic carbocycles. The van der Waals surface area contributed by atoms with Gasteiger partial charge in [-0.3, -0.25) is 4.40 Å². The predicted octanol–water partition coefficient (Wildman–Crippen LogP) is 13.8. The molecule has 0 unspecified atom stereocenters. The first kappa shape index (κ1) is 32.5. The van der Waals surface area contributed by atoms with Gasteiger partial charge in [-0.05, 0) is 120 Å². The lowest BCUT2D eigenvalue weighted by atomic mass is 10.0. The number of anilines is 5. The maximum atomic E-state index is 5.25. The first-order chi connectivity index (χ1) is 27.3. The summed E-state index contributed by atoms with van der Waals surface area (Å²) in [5.74, 6) is 0. The van der Waals surface area contributed by atoms with Crippen LogP contribution < -0.4 is 9.80 Å². The molecule has 2 heterocycles. The van der Waals surface area contributed by atoms with Gasteiger partial charge in [0.1, 0.15) is 5.65 Å². The average molecular weight is 707 g/mol. The highest BCUT2D eigenvalue weighted by Gasteiger charge is 2.19. The van der Waals surface area contributed by atoms with Crippen molar-refractivity contribution in [2.75, 3.05) is 9.80 Å². The Labute approximate surface area is 321 Å². The van der Waals surface area contributed by atoms with Crippen molar-refractivity contribution in [3.8, 4) is 22.4 Å². The Kier molecular flexibility index (Phi) is 8.27. The predicted molar refractivity (Wildman–Crippen MR) is 231 cm³/mol. The molecule has 55 heavy (non-hydrogen) atoms. The molecule has 4 heteroatoms. The van der Waals surface area contributed by atoms with Crippen molar-refractivity contribution in [1.82, 2.24) is 9.38 Å². The van der Waals surface area contributed by atoms with Crippen LogP contribution in [0.15, 0.2) is 212 Å². The van der Waals surface area contributed by atoms with Gasteiger partial charge >= 0.3 is 0 Å². The molecule has 0 saturated heterocycles. The summed E-state index contributed by atoms with van der Waals surface area (Å²) in [7, 11) is 0. The van der Waals surface area contributed by atoms with E-state index in [2.05, 4.69) is 220 Å². The van der Waals surface area contributed by atoms with Crippen LogP contribution >= 0.6 is 0 Å². The number of imidazole rings is 1. The second kappa shape index (κ2) is 14.0. The highest BCUT2D eigenvalue weighted by atomic mass is 15.2. The summed E-state index contributed by atoms with van der Waals surface area (Å²) in [6.07, 6.45) is 8.70. The number of pyridine rings is 1. The van der Waals surface area contributed by atoms with Gasteiger partial charge in [-0.1, -0.05) is 121 Å². The topological polar surface area (TPSA) is 23.8 Å². The standard InChI is InChI=1S/C51H38N4/c1-5-16-41(17-6-1)53(42-18-7-2-8-19-42)45-30-25-37(26-31-45)39-29-34-48-50(35-39)55-49(36-40-15-13-14-24-47(40)51(55)52-48)38-27-32-46(33-28-38)54(43-20-9-3-10-21-43)44-22-11-4-12-23-44/h1-11,13-22,24-36H,12,23H2. The van der Waals surface area contributed by atoms with Crippen LogP contribution in [0.25, 0.3) is 49.8 Å². The van der Waals surface area contributed by atoms with E-state index in [1.54, 1.807) is 0 Å². The molecule has 0 atom stereocenters. The van der Waals surface area contributed by atoms with Gasteiger partial charge < -0.3 is 9.80 Å². The molecule has 0 aliphatic heterocycles. The maximum absolute atomic E-state index is 5.25. The first-order valence-corrected chi connectivity index (χ1v) is 18.9. The highest BCUT2D eigenvalue weighted by molar-refractivity contribution is 6.02. The summed E-state index contributed by atoms with van der Waals surface area (Å²) in [4.78, 5) is 9.92. The molecule has 0 radical (unpaired) electrons. The van der Waals surface area contributed by atoms with Crippen molar-refractivity contribution in [2.45, 2.75) is 12.8 Å². The van der Waals surface area contributed by atoms with E-state index in [9.17, 15) is 0 Å². The van der Waals surface area contributed by atoms with E-state index in [-0.39, 0.29) is 0 Å². The monoisotopic (exact) mass is 706 g/mol. The third-order valence-electron chi connectivity index (χ3n) is 10.6. The summed E-state index contributed by atoms with van der Waals surface area (Å²) in [5.41, 5.74) is 14.5. The fourth-order valence-electron chi connectivity index (χ4n) is 7.95. The quantitative estimate of drug-likeness (QED) is 0.157. The summed E-state index contributed by atoms with van der Waals surface area (Å²) in [5, 5.41) is 2.31. The number of fused-ring (bicyclic) bond motifs is 5. The smallest absolute Gasteiger partial charge is 0.146 e. The second-order valence-electron chi connectivity index (χ2n) is 14.0. The van der Waals surface area contributed by atoms with Gasteiger partial charge in [-0.15, -0.1) is 0 Å². The van der Waals surface area contributed by atoms with Gasteiger partial charge in [0.05, 0.1) is 16.7 Å². The number of hydrogen-bond acceptors (Lipinski definition) is 3. The fraction of sp³-hybridized carbons (Fsp3) is 0.0392. The molecule has 0 spiro atoms. The van der Waals surface area contributed by atoms with Crippen molar-refractivity contribution in [2.24, 2.45) is 0 Å².